The molecule has 2 bridgehead atoms. The minimum Gasteiger partial charge on any atom is -0.310 e. The Morgan fingerprint density at radius 2 is 0.935 bits per heavy atom. The molecule has 0 N–H and O–H groups in total. The maximum Gasteiger partial charge on any atom is 0.0719 e. The van der Waals surface area contributed by atoms with Gasteiger partial charge in [-0.1, -0.05) is 197 Å². The molecular weight excluding hydrogens is 947 g/mol. The summed E-state index contributed by atoms with van der Waals surface area (Å²) < 4.78 is 2.66. The van der Waals surface area contributed by atoms with E-state index in [0.29, 0.717) is 23.7 Å². The van der Waals surface area contributed by atoms with Crippen molar-refractivity contribution in [3.63, 3.8) is 0 Å². The summed E-state index contributed by atoms with van der Waals surface area (Å²) in [5.74, 6) is 3.28. The second kappa shape index (κ2) is 15.9. The molecule has 0 radical (unpaired) electrons. The molecule has 10 aromatic carbocycles. The van der Waals surface area contributed by atoms with Crippen LogP contribution in [-0.2, 0) is 16.2 Å². The Balaban J connectivity index is 0.913. The molecule has 370 valence electrons. The normalized spacial score (nSPS) is 22.9. The zero-order chi connectivity index (χ0) is 50.9. The van der Waals surface area contributed by atoms with Crippen molar-refractivity contribution in [2.24, 2.45) is 23.7 Å². The van der Waals surface area contributed by atoms with Crippen LogP contribution < -0.4 is 4.90 Å². The Labute approximate surface area is 456 Å². The lowest BCUT2D eigenvalue weighted by Crippen LogP contribution is -2.46. The van der Waals surface area contributed by atoms with Crippen molar-refractivity contribution in [3.05, 3.63) is 269 Å². The van der Waals surface area contributed by atoms with Crippen LogP contribution in [0.4, 0.5) is 17.1 Å². The fraction of sp³-hybridized carbons (Fsp3) is 0.200. The fourth-order valence-electron chi connectivity index (χ4n) is 18.0. The molecule has 17 rings (SSSR count). The van der Waals surface area contributed by atoms with E-state index in [-0.39, 0.29) is 10.8 Å². The highest BCUT2D eigenvalue weighted by atomic mass is 32.1. The topological polar surface area (TPSA) is 3.24 Å². The van der Waals surface area contributed by atoms with E-state index in [1.807, 2.05) is 11.3 Å². The summed E-state index contributed by atoms with van der Waals surface area (Å²) in [6.45, 7) is 7.39. The zero-order valence-electron chi connectivity index (χ0n) is 43.9. The monoisotopic (exact) mass is 1010 g/mol. The third-order valence-electron chi connectivity index (χ3n) is 20.6. The van der Waals surface area contributed by atoms with E-state index in [2.05, 4.69) is 250 Å². The Morgan fingerprint density at radius 1 is 0.403 bits per heavy atom. The molecule has 6 aliphatic rings. The molecule has 77 heavy (non-hydrogen) atoms. The summed E-state index contributed by atoms with van der Waals surface area (Å²) in [5, 5.41) is 2.67. The van der Waals surface area contributed by atoms with Crippen LogP contribution in [-0.4, -0.2) is 0 Å². The molecule has 0 amide bonds. The van der Waals surface area contributed by atoms with E-state index >= 15 is 0 Å². The van der Waals surface area contributed by atoms with Crippen molar-refractivity contribution in [1.29, 1.82) is 0 Å². The van der Waals surface area contributed by atoms with Gasteiger partial charge in [-0.05, 0) is 193 Å². The van der Waals surface area contributed by atoms with Crippen LogP contribution in [0.5, 0.6) is 0 Å². The van der Waals surface area contributed by atoms with E-state index in [1.54, 1.807) is 11.1 Å². The third-order valence-corrected chi connectivity index (χ3v) is 21.7. The molecule has 0 saturated heterocycles. The van der Waals surface area contributed by atoms with Crippen LogP contribution in [0.25, 0.3) is 64.7 Å². The predicted octanol–water partition coefficient (Wildman–Crippen LogP) is 19.9. The van der Waals surface area contributed by atoms with Gasteiger partial charge in [0.2, 0.25) is 0 Å². The maximum atomic E-state index is 2.72. The molecule has 3 fully saturated rings. The first kappa shape index (κ1) is 44.4. The van der Waals surface area contributed by atoms with Crippen molar-refractivity contribution < 1.29 is 0 Å². The van der Waals surface area contributed by atoms with Crippen molar-refractivity contribution in [1.82, 2.24) is 0 Å². The van der Waals surface area contributed by atoms with Crippen LogP contribution >= 0.6 is 11.3 Å². The van der Waals surface area contributed by atoms with Crippen LogP contribution in [0.1, 0.15) is 96.9 Å². The molecule has 6 aliphatic carbocycles. The van der Waals surface area contributed by atoms with Gasteiger partial charge in [0.05, 0.1) is 5.41 Å². The minimum absolute atomic E-state index is 0.0833. The van der Waals surface area contributed by atoms with Gasteiger partial charge in [0.15, 0.2) is 0 Å². The average molecular weight is 1010 g/mol. The van der Waals surface area contributed by atoms with Crippen molar-refractivity contribution in [2.75, 3.05) is 4.90 Å². The molecule has 2 heteroatoms. The zero-order valence-corrected chi connectivity index (χ0v) is 44.7. The van der Waals surface area contributed by atoms with Crippen molar-refractivity contribution in [2.45, 2.75) is 68.6 Å². The molecular formula is C75H59NS. The number of anilines is 3. The van der Waals surface area contributed by atoms with Gasteiger partial charge >= 0.3 is 0 Å². The second-order valence-electron chi connectivity index (χ2n) is 24.4. The molecule has 1 heterocycles. The van der Waals surface area contributed by atoms with Gasteiger partial charge in [-0.2, -0.15) is 0 Å². The predicted molar refractivity (Wildman–Crippen MR) is 322 cm³/mol. The molecule has 0 aliphatic heterocycles. The van der Waals surface area contributed by atoms with Crippen LogP contribution in [0.15, 0.2) is 224 Å². The van der Waals surface area contributed by atoms with E-state index in [9.17, 15) is 0 Å². The van der Waals surface area contributed by atoms with Gasteiger partial charge in [-0.15, -0.1) is 11.3 Å². The SMILES string of the molecule is CC1C[C@H]2CC3C[C@H](C1)C21c2ccc(N(c4ccc(-c5ccccc5-c5cccc6sc7ccccc7c56)cc4)c4ccc5c(c4)C(C)(C)c4ccccc4-5)cc2C2(c4ccccc4-c4ccccc42)c2ccccc2C31. The third kappa shape index (κ3) is 5.74. The van der Waals surface area contributed by atoms with Crippen LogP contribution in [0.2, 0.25) is 0 Å². The number of fused-ring (bicyclic) bond motifs is 15. The number of rotatable bonds is 5. The second-order valence-corrected chi connectivity index (χ2v) is 25.5. The van der Waals surface area contributed by atoms with Crippen molar-refractivity contribution >= 4 is 48.6 Å². The largest absolute Gasteiger partial charge is 0.310 e. The lowest BCUT2D eigenvalue weighted by atomic mass is 9.53. The fourth-order valence-corrected chi connectivity index (χ4v) is 19.1. The highest BCUT2D eigenvalue weighted by Crippen LogP contribution is 2.77. The molecule has 3 atom stereocenters. The maximum absolute atomic E-state index is 2.72. The number of hydrogen-bond donors (Lipinski definition) is 0. The Morgan fingerprint density at radius 3 is 1.66 bits per heavy atom. The number of benzene rings is 10. The molecule has 2 spiro atoms. The summed E-state index contributed by atoms with van der Waals surface area (Å²) in [7, 11) is 0. The Kier molecular flexibility index (Phi) is 9.16. The Hall–Kier alpha value is -7.78. The van der Waals surface area contributed by atoms with Crippen LogP contribution in [0, 0.1) is 23.7 Å². The van der Waals surface area contributed by atoms with Gasteiger partial charge in [0, 0.05) is 48.1 Å². The Bertz CT molecular complexity index is 4220. The van der Waals surface area contributed by atoms with Crippen molar-refractivity contribution in [3.8, 4) is 44.5 Å². The first-order valence-electron chi connectivity index (χ1n) is 28.4. The highest BCUT2D eigenvalue weighted by molar-refractivity contribution is 7.25. The lowest BCUT2D eigenvalue weighted by molar-refractivity contribution is 0.0823. The quantitative estimate of drug-likeness (QED) is 0.166. The first-order chi connectivity index (χ1) is 37.8. The molecule has 1 nitrogen and oxygen atoms in total. The van der Waals surface area contributed by atoms with E-state index in [0.717, 1.165) is 11.6 Å². The summed E-state index contributed by atoms with van der Waals surface area (Å²) >= 11 is 1.89. The summed E-state index contributed by atoms with van der Waals surface area (Å²) in [5.41, 5.74) is 25.3. The smallest absolute Gasteiger partial charge is 0.0719 e. The van der Waals surface area contributed by atoms with Gasteiger partial charge in [-0.3, -0.25) is 0 Å². The van der Waals surface area contributed by atoms with E-state index in [4.69, 9.17) is 0 Å². The first-order valence-corrected chi connectivity index (χ1v) is 29.2. The number of thiophene rings is 1. The summed E-state index contributed by atoms with van der Waals surface area (Å²) in [6, 6.07) is 87.5. The standard InChI is InChI=1S/C75H59NS/c1-45-39-48-41-47-42-49(40-45)74(48)66-38-36-52(44-68(66)75(65-28-14-9-22-60(65)72(47)74)63-26-12-7-20-56(63)57-21-8-13-27-64(57)75)76(51-35-37-58-55-19-6-11-25-62(55)73(2,3)67(58)43-51)50-33-31-46(32-34-50)53-17-4-5-18-54(53)59-24-16-30-70-71(59)61-23-10-15-29-69(61)77-70/h4-38,43-45,47-49,72H,39-42H2,1-3H3/t45?,47?,48-,49-,72?,74?/m0/s1. The van der Waals surface area contributed by atoms with E-state index in [1.165, 1.54) is 135 Å². The summed E-state index contributed by atoms with van der Waals surface area (Å²) in [4.78, 5) is 2.61. The van der Waals surface area contributed by atoms with E-state index < -0.39 is 5.41 Å². The van der Waals surface area contributed by atoms with Gasteiger partial charge in [-0.25, -0.2) is 0 Å². The molecule has 1 unspecified atom stereocenters. The van der Waals surface area contributed by atoms with Crippen LogP contribution in [0.3, 0.4) is 0 Å². The lowest BCUT2D eigenvalue weighted by Gasteiger charge is -2.51. The molecule has 3 saturated carbocycles. The molecule has 1 aromatic heterocycles. The number of hydrogen-bond acceptors (Lipinski definition) is 2. The number of nitrogens with zero attached hydrogens (tertiary/aromatic N) is 1. The minimum atomic E-state index is -0.494. The summed E-state index contributed by atoms with van der Waals surface area (Å²) in [6.07, 6.45) is 5.33. The van der Waals surface area contributed by atoms with Gasteiger partial charge < -0.3 is 4.90 Å². The molecule has 11 aromatic rings. The average Bonchev–Trinajstić information content (AvgIpc) is 4.34. The van der Waals surface area contributed by atoms with Gasteiger partial charge in [0.1, 0.15) is 0 Å². The highest BCUT2D eigenvalue weighted by Gasteiger charge is 2.70. The van der Waals surface area contributed by atoms with Gasteiger partial charge in [0.25, 0.3) is 0 Å².